The van der Waals surface area contributed by atoms with Crippen LogP contribution in [0, 0.1) is 6.92 Å². The van der Waals surface area contributed by atoms with E-state index < -0.39 is 0 Å². The van der Waals surface area contributed by atoms with Gasteiger partial charge in [0.15, 0.2) is 5.13 Å². The number of hydrogen-bond donors (Lipinski definition) is 2. The molecule has 0 bridgehead atoms. The number of anilines is 1. The molecule has 0 unspecified atom stereocenters. The van der Waals surface area contributed by atoms with Crippen molar-refractivity contribution in [2.45, 2.75) is 45.1 Å². The summed E-state index contributed by atoms with van der Waals surface area (Å²) in [4.78, 5) is 16.5. The third kappa shape index (κ3) is 2.93. The molecule has 2 amide bonds. The fraction of sp³-hybridized carbons (Fsp3) is 0.467. The fourth-order valence-electron chi connectivity index (χ4n) is 2.71. The molecule has 2 N–H and O–H groups in total. The average Bonchev–Trinajstić information content (AvgIpc) is 2.83. The molecule has 1 saturated carbocycles. The first-order valence-electron chi connectivity index (χ1n) is 7.16. The van der Waals surface area contributed by atoms with Crippen molar-refractivity contribution in [1.82, 2.24) is 10.3 Å². The van der Waals surface area contributed by atoms with Crippen molar-refractivity contribution in [3.63, 3.8) is 0 Å². The highest BCUT2D eigenvalue weighted by atomic mass is 32.1. The van der Waals surface area contributed by atoms with Crippen molar-refractivity contribution in [2.24, 2.45) is 0 Å². The van der Waals surface area contributed by atoms with Gasteiger partial charge in [0, 0.05) is 6.04 Å². The predicted molar refractivity (Wildman–Crippen MR) is 83.4 cm³/mol. The van der Waals surface area contributed by atoms with E-state index in [0.29, 0.717) is 11.2 Å². The Balaban J connectivity index is 1.66. The number of hydrogen-bond acceptors (Lipinski definition) is 3. The van der Waals surface area contributed by atoms with Crippen molar-refractivity contribution < 1.29 is 4.79 Å². The lowest BCUT2D eigenvalue weighted by molar-refractivity contribution is 0.244. The van der Waals surface area contributed by atoms with Crippen molar-refractivity contribution in [1.29, 1.82) is 0 Å². The SMILES string of the molecule is Cc1cccc2sc(NC(=O)NC3CCCCC3)nc12. The molecule has 1 aromatic heterocycles. The van der Waals surface area contributed by atoms with Gasteiger partial charge in [-0.15, -0.1) is 0 Å². The van der Waals surface area contributed by atoms with Gasteiger partial charge >= 0.3 is 6.03 Å². The van der Waals surface area contributed by atoms with Gasteiger partial charge in [0.1, 0.15) is 0 Å². The minimum Gasteiger partial charge on any atom is -0.335 e. The first-order valence-corrected chi connectivity index (χ1v) is 7.98. The lowest BCUT2D eigenvalue weighted by Gasteiger charge is -2.22. The number of carbonyl (C=O) groups is 1. The van der Waals surface area contributed by atoms with Crippen molar-refractivity contribution in [2.75, 3.05) is 5.32 Å². The zero-order chi connectivity index (χ0) is 13.9. The Morgan fingerprint density at radius 2 is 2.10 bits per heavy atom. The minimum atomic E-state index is -0.131. The highest BCUT2D eigenvalue weighted by molar-refractivity contribution is 7.22. The van der Waals surface area contributed by atoms with Crippen LogP contribution in [0.1, 0.15) is 37.7 Å². The molecule has 0 saturated heterocycles. The van der Waals surface area contributed by atoms with Crippen molar-refractivity contribution in [3.8, 4) is 0 Å². The molecule has 1 aliphatic carbocycles. The van der Waals surface area contributed by atoms with E-state index in [0.717, 1.165) is 28.6 Å². The van der Waals surface area contributed by atoms with Gasteiger partial charge in [0.05, 0.1) is 10.2 Å². The van der Waals surface area contributed by atoms with E-state index in [1.807, 2.05) is 25.1 Å². The van der Waals surface area contributed by atoms with Crippen LogP contribution in [-0.4, -0.2) is 17.1 Å². The summed E-state index contributed by atoms with van der Waals surface area (Å²) in [6, 6.07) is 6.27. The summed E-state index contributed by atoms with van der Waals surface area (Å²) in [6.07, 6.45) is 5.90. The number of nitrogens with zero attached hydrogens (tertiary/aromatic N) is 1. The molecule has 20 heavy (non-hydrogen) atoms. The van der Waals surface area contributed by atoms with E-state index in [-0.39, 0.29) is 6.03 Å². The molecular formula is C15H19N3OS. The van der Waals surface area contributed by atoms with E-state index in [4.69, 9.17) is 0 Å². The standard InChI is InChI=1S/C15H19N3OS/c1-10-6-5-9-12-13(10)17-15(20-12)18-14(19)16-11-7-3-2-4-8-11/h5-6,9,11H,2-4,7-8H2,1H3,(H2,16,17,18,19). The van der Waals surface area contributed by atoms with Crippen LogP contribution >= 0.6 is 11.3 Å². The van der Waals surface area contributed by atoms with Crippen LogP contribution in [0.15, 0.2) is 18.2 Å². The number of para-hydroxylation sites is 1. The molecule has 1 aromatic carbocycles. The molecule has 3 rings (SSSR count). The summed E-state index contributed by atoms with van der Waals surface area (Å²) >= 11 is 1.52. The molecule has 0 radical (unpaired) electrons. The lowest BCUT2D eigenvalue weighted by Crippen LogP contribution is -2.38. The molecule has 106 valence electrons. The van der Waals surface area contributed by atoms with Gasteiger partial charge in [-0.2, -0.15) is 0 Å². The fourth-order valence-corrected chi connectivity index (χ4v) is 3.64. The van der Waals surface area contributed by atoms with E-state index in [1.165, 1.54) is 30.6 Å². The quantitative estimate of drug-likeness (QED) is 0.876. The van der Waals surface area contributed by atoms with E-state index >= 15 is 0 Å². The molecule has 1 fully saturated rings. The summed E-state index contributed by atoms with van der Waals surface area (Å²) in [5, 5.41) is 6.58. The first-order chi connectivity index (χ1) is 9.72. The summed E-state index contributed by atoms with van der Waals surface area (Å²) in [6.45, 7) is 2.04. The smallest absolute Gasteiger partial charge is 0.321 e. The third-order valence-electron chi connectivity index (χ3n) is 3.78. The van der Waals surface area contributed by atoms with Crippen LogP contribution in [0.3, 0.4) is 0 Å². The number of urea groups is 1. The molecule has 0 spiro atoms. The van der Waals surface area contributed by atoms with Gasteiger partial charge in [0.2, 0.25) is 0 Å². The molecule has 1 heterocycles. The number of aryl methyl sites for hydroxylation is 1. The second-order valence-electron chi connectivity index (χ2n) is 5.37. The molecule has 5 heteroatoms. The number of aromatic nitrogens is 1. The number of carbonyl (C=O) groups excluding carboxylic acids is 1. The Morgan fingerprint density at radius 3 is 2.85 bits per heavy atom. The van der Waals surface area contributed by atoms with Crippen LogP contribution in [-0.2, 0) is 0 Å². The number of rotatable bonds is 2. The maximum atomic E-state index is 12.0. The number of amides is 2. The maximum absolute atomic E-state index is 12.0. The van der Waals surface area contributed by atoms with E-state index in [2.05, 4.69) is 15.6 Å². The summed E-state index contributed by atoms with van der Waals surface area (Å²) in [5.74, 6) is 0. The molecule has 1 aliphatic rings. The topological polar surface area (TPSA) is 54.0 Å². The predicted octanol–water partition coefficient (Wildman–Crippen LogP) is 4.06. The highest BCUT2D eigenvalue weighted by Crippen LogP contribution is 2.27. The summed E-state index contributed by atoms with van der Waals surface area (Å²) < 4.78 is 1.11. The van der Waals surface area contributed by atoms with Crippen LogP contribution in [0.25, 0.3) is 10.2 Å². The molecule has 2 aromatic rings. The van der Waals surface area contributed by atoms with Crippen LogP contribution < -0.4 is 10.6 Å². The second kappa shape index (κ2) is 5.79. The van der Waals surface area contributed by atoms with E-state index in [9.17, 15) is 4.79 Å². The van der Waals surface area contributed by atoms with Gasteiger partial charge in [-0.3, -0.25) is 5.32 Å². The van der Waals surface area contributed by atoms with Gasteiger partial charge < -0.3 is 5.32 Å². The molecule has 0 aliphatic heterocycles. The number of benzene rings is 1. The second-order valence-corrected chi connectivity index (χ2v) is 6.40. The Bertz CT molecular complexity index is 617. The number of thiazole rings is 1. The first kappa shape index (κ1) is 13.4. The van der Waals surface area contributed by atoms with Crippen LogP contribution in [0.2, 0.25) is 0 Å². The zero-order valence-corrected chi connectivity index (χ0v) is 12.4. The monoisotopic (exact) mass is 289 g/mol. The normalized spacial score (nSPS) is 16.2. The van der Waals surface area contributed by atoms with Gasteiger partial charge in [-0.1, -0.05) is 42.7 Å². The number of fused-ring (bicyclic) bond motifs is 1. The van der Waals surface area contributed by atoms with E-state index in [1.54, 1.807) is 0 Å². The molecule has 0 atom stereocenters. The molecule has 4 nitrogen and oxygen atoms in total. The Morgan fingerprint density at radius 1 is 1.30 bits per heavy atom. The average molecular weight is 289 g/mol. The van der Waals surface area contributed by atoms with Gasteiger partial charge in [-0.25, -0.2) is 9.78 Å². The lowest BCUT2D eigenvalue weighted by atomic mass is 9.96. The summed E-state index contributed by atoms with van der Waals surface area (Å²) in [5.41, 5.74) is 2.12. The Hall–Kier alpha value is -1.62. The minimum absolute atomic E-state index is 0.131. The van der Waals surface area contributed by atoms with Crippen LogP contribution in [0.4, 0.5) is 9.93 Å². The van der Waals surface area contributed by atoms with Crippen molar-refractivity contribution in [3.05, 3.63) is 23.8 Å². The Labute approximate surface area is 122 Å². The third-order valence-corrected chi connectivity index (χ3v) is 4.72. The Kier molecular flexibility index (Phi) is 3.87. The van der Waals surface area contributed by atoms with Gasteiger partial charge in [0.25, 0.3) is 0 Å². The van der Waals surface area contributed by atoms with Crippen LogP contribution in [0.5, 0.6) is 0 Å². The number of nitrogens with one attached hydrogen (secondary N) is 2. The summed E-state index contributed by atoms with van der Waals surface area (Å²) in [7, 11) is 0. The zero-order valence-electron chi connectivity index (χ0n) is 11.6. The van der Waals surface area contributed by atoms with Crippen molar-refractivity contribution >= 4 is 32.7 Å². The molecular weight excluding hydrogens is 270 g/mol. The highest BCUT2D eigenvalue weighted by Gasteiger charge is 2.16. The van der Waals surface area contributed by atoms with Gasteiger partial charge in [-0.05, 0) is 31.4 Å². The largest absolute Gasteiger partial charge is 0.335 e. The maximum Gasteiger partial charge on any atom is 0.321 e.